The Morgan fingerprint density at radius 3 is 2.60 bits per heavy atom. The van der Waals surface area contributed by atoms with Crippen molar-refractivity contribution in [3.05, 3.63) is 82.2 Å². The van der Waals surface area contributed by atoms with Crippen LogP contribution in [0, 0.1) is 24.5 Å². The number of amides is 1. The number of carbonyl (C=O) groups is 1. The standard InChI is InChI=1S/C29H32F2N4O4S/c1-20-28(27(39-33-20)9-7-22-6-8-25(30)18-26(22)31)40(37,38)35-15-11-23(12-16-35)29(36)32-13-17-34-14-10-21-4-2-3-5-24(21)19-34/h2-9,18,23H,10-17,19H2,1H3,(H,32,36). The van der Waals surface area contributed by atoms with Gasteiger partial charge in [0.05, 0.1) is 0 Å². The van der Waals surface area contributed by atoms with E-state index in [1.54, 1.807) is 0 Å². The van der Waals surface area contributed by atoms with Crippen LogP contribution >= 0.6 is 0 Å². The molecule has 3 aromatic rings. The van der Waals surface area contributed by atoms with Gasteiger partial charge in [-0.3, -0.25) is 9.69 Å². The van der Waals surface area contributed by atoms with Crippen LogP contribution in [-0.2, 0) is 27.8 Å². The molecule has 0 unspecified atom stereocenters. The number of carbonyl (C=O) groups excluding carboxylic acids is 1. The Morgan fingerprint density at radius 1 is 1.10 bits per heavy atom. The van der Waals surface area contributed by atoms with Crippen LogP contribution in [0.5, 0.6) is 0 Å². The lowest BCUT2D eigenvalue weighted by molar-refractivity contribution is -0.126. The summed E-state index contributed by atoms with van der Waals surface area (Å²) in [5, 5.41) is 6.83. The van der Waals surface area contributed by atoms with Crippen LogP contribution in [0.15, 0.2) is 51.9 Å². The van der Waals surface area contributed by atoms with Crippen LogP contribution in [0.25, 0.3) is 12.2 Å². The summed E-state index contributed by atoms with van der Waals surface area (Å²) in [7, 11) is -3.97. The molecule has 1 saturated heterocycles. The summed E-state index contributed by atoms with van der Waals surface area (Å²) in [5.41, 5.74) is 2.98. The number of piperidine rings is 1. The average molecular weight is 571 g/mol. The summed E-state index contributed by atoms with van der Waals surface area (Å²) >= 11 is 0. The molecule has 0 radical (unpaired) electrons. The van der Waals surface area contributed by atoms with Crippen LogP contribution in [-0.4, -0.2) is 61.4 Å². The number of hydrogen-bond donors (Lipinski definition) is 1. The second-order valence-corrected chi connectivity index (χ2v) is 12.1. The van der Waals surface area contributed by atoms with E-state index in [1.165, 1.54) is 40.6 Å². The second-order valence-electron chi connectivity index (χ2n) is 10.2. The number of hydrogen-bond acceptors (Lipinski definition) is 6. The van der Waals surface area contributed by atoms with Crippen LogP contribution in [0.2, 0.25) is 0 Å². The average Bonchev–Trinajstić information content (AvgIpc) is 3.33. The topological polar surface area (TPSA) is 95.8 Å². The summed E-state index contributed by atoms with van der Waals surface area (Å²) in [5.74, 6) is -1.85. The monoisotopic (exact) mass is 570 g/mol. The number of benzene rings is 2. The van der Waals surface area contributed by atoms with Crippen LogP contribution in [0.3, 0.4) is 0 Å². The minimum atomic E-state index is -3.97. The Kier molecular flexibility index (Phi) is 8.43. The highest BCUT2D eigenvalue weighted by Crippen LogP contribution is 2.29. The number of fused-ring (bicyclic) bond motifs is 1. The number of halogens is 2. The first-order valence-electron chi connectivity index (χ1n) is 13.4. The first-order valence-corrected chi connectivity index (χ1v) is 14.8. The van der Waals surface area contributed by atoms with Crippen LogP contribution in [0.1, 0.15) is 41.0 Å². The number of nitrogens with zero attached hydrogens (tertiary/aromatic N) is 3. The molecule has 5 rings (SSSR count). The van der Waals surface area contributed by atoms with E-state index >= 15 is 0 Å². The summed E-state index contributed by atoms with van der Waals surface area (Å²) in [4.78, 5) is 15.0. The summed E-state index contributed by atoms with van der Waals surface area (Å²) < 4.78 is 60.7. The third kappa shape index (κ3) is 6.16. The predicted octanol–water partition coefficient (Wildman–Crippen LogP) is 4.01. The molecule has 40 heavy (non-hydrogen) atoms. The third-order valence-corrected chi connectivity index (χ3v) is 9.63. The minimum Gasteiger partial charge on any atom is -0.355 e. The summed E-state index contributed by atoms with van der Waals surface area (Å²) in [6, 6.07) is 11.5. The van der Waals surface area contributed by atoms with Crippen molar-refractivity contribution in [1.82, 2.24) is 19.7 Å². The normalized spacial score (nSPS) is 17.3. The zero-order valence-corrected chi connectivity index (χ0v) is 23.1. The van der Waals surface area contributed by atoms with Crippen molar-refractivity contribution in [2.24, 2.45) is 5.92 Å². The van der Waals surface area contributed by atoms with E-state index in [2.05, 4.69) is 33.6 Å². The van der Waals surface area contributed by atoms with Gasteiger partial charge in [-0.25, -0.2) is 17.2 Å². The predicted molar refractivity (Wildman–Crippen MR) is 146 cm³/mol. The van der Waals surface area contributed by atoms with Crippen molar-refractivity contribution < 1.29 is 26.5 Å². The summed E-state index contributed by atoms with van der Waals surface area (Å²) in [6.07, 6.45) is 4.43. The quantitative estimate of drug-likeness (QED) is 0.440. The Morgan fingerprint density at radius 2 is 1.85 bits per heavy atom. The molecular weight excluding hydrogens is 538 g/mol. The number of nitrogens with one attached hydrogen (secondary N) is 1. The molecule has 2 aliphatic heterocycles. The van der Waals surface area contributed by atoms with Gasteiger partial charge < -0.3 is 9.84 Å². The number of sulfonamides is 1. The van der Waals surface area contributed by atoms with Gasteiger partial charge in [-0.1, -0.05) is 29.4 Å². The van der Waals surface area contributed by atoms with E-state index in [0.29, 0.717) is 19.4 Å². The lowest BCUT2D eigenvalue weighted by Crippen LogP contribution is -2.44. The molecule has 0 bridgehead atoms. The number of aromatic nitrogens is 1. The van der Waals surface area contributed by atoms with E-state index in [1.807, 2.05) is 6.07 Å². The molecule has 3 heterocycles. The van der Waals surface area contributed by atoms with E-state index in [-0.39, 0.29) is 46.8 Å². The summed E-state index contributed by atoms with van der Waals surface area (Å²) in [6.45, 7) is 5.03. The molecule has 2 aliphatic rings. The SMILES string of the molecule is Cc1noc(C=Cc2ccc(F)cc2F)c1S(=O)(=O)N1CCC(C(=O)NCCN2CCc3ccccc3C2)CC1. The molecule has 0 atom stereocenters. The van der Waals surface area contributed by atoms with E-state index in [4.69, 9.17) is 4.52 Å². The van der Waals surface area contributed by atoms with Gasteiger partial charge in [-0.15, -0.1) is 0 Å². The Labute approximate surface area is 232 Å². The molecule has 8 nitrogen and oxygen atoms in total. The minimum absolute atomic E-state index is 0.0403. The molecule has 2 aromatic carbocycles. The van der Waals surface area contributed by atoms with E-state index in [0.717, 1.165) is 38.2 Å². The Hall–Kier alpha value is -3.41. The fraction of sp³-hybridized carbons (Fsp3) is 0.379. The molecule has 1 aromatic heterocycles. The number of aryl methyl sites for hydroxylation is 1. The van der Waals surface area contributed by atoms with Gasteiger partial charge >= 0.3 is 0 Å². The maximum Gasteiger partial charge on any atom is 0.248 e. The van der Waals surface area contributed by atoms with Gasteiger partial charge in [-0.05, 0) is 61.6 Å². The fourth-order valence-corrected chi connectivity index (χ4v) is 7.03. The van der Waals surface area contributed by atoms with Crippen molar-refractivity contribution in [3.8, 4) is 0 Å². The van der Waals surface area contributed by atoms with Gasteiger partial charge in [0.2, 0.25) is 15.9 Å². The molecule has 1 fully saturated rings. The molecule has 0 spiro atoms. The van der Waals surface area contributed by atoms with Gasteiger partial charge in [-0.2, -0.15) is 4.31 Å². The van der Waals surface area contributed by atoms with Gasteiger partial charge in [0.15, 0.2) is 10.7 Å². The van der Waals surface area contributed by atoms with E-state index in [9.17, 15) is 22.0 Å². The zero-order valence-electron chi connectivity index (χ0n) is 22.3. The molecule has 1 N–H and O–H groups in total. The maximum absolute atomic E-state index is 14.0. The lowest BCUT2D eigenvalue weighted by Gasteiger charge is -2.31. The van der Waals surface area contributed by atoms with Crippen molar-refractivity contribution in [2.75, 3.05) is 32.7 Å². The zero-order chi connectivity index (χ0) is 28.3. The van der Waals surface area contributed by atoms with Gasteiger partial charge in [0.1, 0.15) is 17.3 Å². The van der Waals surface area contributed by atoms with Crippen LogP contribution < -0.4 is 5.32 Å². The van der Waals surface area contributed by atoms with Gasteiger partial charge in [0, 0.05) is 56.8 Å². The molecule has 212 valence electrons. The molecule has 11 heteroatoms. The lowest BCUT2D eigenvalue weighted by atomic mass is 9.97. The molecular formula is C29H32F2N4O4S. The smallest absolute Gasteiger partial charge is 0.248 e. The second kappa shape index (κ2) is 12.0. The molecule has 0 aliphatic carbocycles. The third-order valence-electron chi connectivity index (χ3n) is 7.57. The Balaban J connectivity index is 1.15. The highest BCUT2D eigenvalue weighted by atomic mass is 32.2. The highest BCUT2D eigenvalue weighted by Gasteiger charge is 2.36. The van der Waals surface area contributed by atoms with E-state index < -0.39 is 21.7 Å². The first kappa shape index (κ1) is 28.1. The molecule has 0 saturated carbocycles. The maximum atomic E-state index is 14.0. The first-order chi connectivity index (χ1) is 19.2. The highest BCUT2D eigenvalue weighted by molar-refractivity contribution is 7.89. The van der Waals surface area contributed by atoms with Crippen molar-refractivity contribution in [3.63, 3.8) is 0 Å². The molecule has 1 amide bonds. The van der Waals surface area contributed by atoms with Crippen molar-refractivity contribution >= 4 is 28.1 Å². The van der Waals surface area contributed by atoms with Crippen LogP contribution in [0.4, 0.5) is 8.78 Å². The fourth-order valence-electron chi connectivity index (χ4n) is 5.31. The Bertz CT molecular complexity index is 1510. The largest absolute Gasteiger partial charge is 0.355 e. The van der Waals surface area contributed by atoms with Crippen molar-refractivity contribution in [2.45, 2.75) is 37.6 Å². The number of rotatable bonds is 8. The van der Waals surface area contributed by atoms with Gasteiger partial charge in [0.25, 0.3) is 0 Å². The van der Waals surface area contributed by atoms with Crippen molar-refractivity contribution in [1.29, 1.82) is 0 Å².